The van der Waals surface area contributed by atoms with Gasteiger partial charge >= 0.3 is 0 Å². The Kier molecular flexibility index (Phi) is 5.61. The van der Waals surface area contributed by atoms with Crippen LogP contribution in [-0.2, 0) is 4.74 Å². The minimum atomic E-state index is 0.0503. The van der Waals surface area contributed by atoms with Gasteiger partial charge in [-0.2, -0.15) is 5.10 Å². The molecule has 2 fully saturated rings. The van der Waals surface area contributed by atoms with Crippen molar-refractivity contribution in [3.05, 3.63) is 41.2 Å². The smallest absolute Gasteiger partial charge is 0.257 e. The third kappa shape index (κ3) is 3.89. The molecule has 1 amide bonds. The highest BCUT2D eigenvalue weighted by atomic mass is 16.5. The molecule has 0 radical (unpaired) electrons. The summed E-state index contributed by atoms with van der Waals surface area (Å²) in [4.78, 5) is 17.7. The summed E-state index contributed by atoms with van der Waals surface area (Å²) in [6, 6.07) is 7.87. The topological polar surface area (TPSA) is 70.8 Å². The summed E-state index contributed by atoms with van der Waals surface area (Å²) < 4.78 is 7.23. The predicted octanol–water partition coefficient (Wildman–Crippen LogP) is 2.52. The lowest BCUT2D eigenvalue weighted by atomic mass is 10.1. The van der Waals surface area contributed by atoms with Crippen molar-refractivity contribution in [3.63, 3.8) is 0 Å². The van der Waals surface area contributed by atoms with Gasteiger partial charge in [-0.15, -0.1) is 0 Å². The molecule has 1 aromatic carbocycles. The fourth-order valence-corrected chi connectivity index (χ4v) is 4.64. The van der Waals surface area contributed by atoms with E-state index in [1.165, 1.54) is 0 Å². The number of ether oxygens (including phenoxy) is 1. The van der Waals surface area contributed by atoms with Crippen LogP contribution in [0.5, 0.6) is 5.75 Å². The van der Waals surface area contributed by atoms with Crippen LogP contribution < -0.4 is 0 Å². The summed E-state index contributed by atoms with van der Waals surface area (Å²) in [5.74, 6) is 0.232. The molecule has 0 saturated carbocycles. The van der Waals surface area contributed by atoms with Gasteiger partial charge in [0.15, 0.2) is 0 Å². The highest BCUT2D eigenvalue weighted by Gasteiger charge is 2.34. The van der Waals surface area contributed by atoms with Gasteiger partial charge in [-0.3, -0.25) is 9.69 Å². The summed E-state index contributed by atoms with van der Waals surface area (Å²) in [5, 5.41) is 14.4. The minimum absolute atomic E-state index is 0.0503. The standard InChI is InChI=1S/C22H30N4O3/c1-15-21(16(2)26(23-15)18-5-4-6-20(27)13-18)22(28)25-10-7-19(14-25)24(3)17-8-11-29-12-9-17/h4-6,13,17,19,27H,7-12,14H2,1-3H3/t19-/m1/s1. The zero-order chi connectivity index (χ0) is 20.5. The average molecular weight is 399 g/mol. The third-order valence-electron chi connectivity index (χ3n) is 6.37. The first-order valence-electron chi connectivity index (χ1n) is 10.4. The second-order valence-corrected chi connectivity index (χ2v) is 8.18. The maximum atomic E-state index is 13.3. The van der Waals surface area contributed by atoms with E-state index in [0.717, 1.165) is 62.6 Å². The zero-order valence-corrected chi connectivity index (χ0v) is 17.5. The maximum Gasteiger partial charge on any atom is 0.257 e. The number of phenols is 1. The fourth-order valence-electron chi connectivity index (χ4n) is 4.64. The number of aromatic hydroxyl groups is 1. The number of phenolic OH excluding ortho intramolecular Hbond substituents is 1. The molecular formula is C22H30N4O3. The molecule has 2 aliphatic rings. The molecule has 0 bridgehead atoms. The first kappa shape index (κ1) is 19.9. The Morgan fingerprint density at radius 1 is 1.21 bits per heavy atom. The van der Waals surface area contributed by atoms with Crippen LogP contribution in [0.3, 0.4) is 0 Å². The SMILES string of the molecule is Cc1nn(-c2cccc(O)c2)c(C)c1C(=O)N1CC[C@@H](N(C)C2CCOCC2)C1. The number of aromatic nitrogens is 2. The van der Waals surface area contributed by atoms with Gasteiger partial charge in [0.1, 0.15) is 5.75 Å². The van der Waals surface area contributed by atoms with Crippen molar-refractivity contribution < 1.29 is 14.6 Å². The molecule has 0 unspecified atom stereocenters. The Labute approximate surface area is 171 Å². The highest BCUT2D eigenvalue weighted by molar-refractivity contribution is 5.96. The first-order valence-corrected chi connectivity index (χ1v) is 10.4. The van der Waals surface area contributed by atoms with Gasteiger partial charge in [0.05, 0.1) is 22.6 Å². The van der Waals surface area contributed by atoms with E-state index in [4.69, 9.17) is 4.74 Å². The molecule has 7 heteroatoms. The van der Waals surface area contributed by atoms with Crippen molar-refractivity contribution in [2.45, 2.75) is 45.2 Å². The Morgan fingerprint density at radius 3 is 2.69 bits per heavy atom. The molecule has 2 saturated heterocycles. The van der Waals surface area contributed by atoms with Crippen LogP contribution in [0.2, 0.25) is 0 Å². The number of likely N-dealkylation sites (N-methyl/N-ethyl adjacent to an activating group) is 1. The maximum absolute atomic E-state index is 13.3. The number of rotatable bonds is 4. The van der Waals surface area contributed by atoms with E-state index < -0.39 is 0 Å². The van der Waals surface area contributed by atoms with Crippen LogP contribution in [0.4, 0.5) is 0 Å². The Bertz CT molecular complexity index is 888. The number of carbonyl (C=O) groups excluding carboxylic acids is 1. The van der Waals surface area contributed by atoms with Gasteiger partial charge in [0.25, 0.3) is 5.91 Å². The summed E-state index contributed by atoms with van der Waals surface area (Å²) in [5.41, 5.74) is 2.95. The number of benzene rings is 1. The highest BCUT2D eigenvalue weighted by Crippen LogP contribution is 2.26. The lowest BCUT2D eigenvalue weighted by Gasteiger charge is -2.35. The van der Waals surface area contributed by atoms with Crippen LogP contribution in [0, 0.1) is 13.8 Å². The number of nitrogens with zero attached hydrogens (tertiary/aromatic N) is 4. The van der Waals surface area contributed by atoms with E-state index in [9.17, 15) is 9.90 Å². The van der Waals surface area contributed by atoms with Crippen LogP contribution in [0.15, 0.2) is 24.3 Å². The second kappa shape index (κ2) is 8.16. The van der Waals surface area contributed by atoms with Crippen molar-refractivity contribution in [2.24, 2.45) is 0 Å². The van der Waals surface area contributed by atoms with Crippen LogP contribution in [-0.4, -0.2) is 76.0 Å². The van der Waals surface area contributed by atoms with Crippen LogP contribution in [0.25, 0.3) is 5.69 Å². The summed E-state index contributed by atoms with van der Waals surface area (Å²) >= 11 is 0. The molecule has 7 nitrogen and oxygen atoms in total. The third-order valence-corrected chi connectivity index (χ3v) is 6.37. The number of hydrogen-bond acceptors (Lipinski definition) is 5. The van der Waals surface area contributed by atoms with Gasteiger partial charge in [0, 0.05) is 44.5 Å². The lowest BCUT2D eigenvalue weighted by molar-refractivity contribution is 0.0295. The second-order valence-electron chi connectivity index (χ2n) is 8.18. The monoisotopic (exact) mass is 398 g/mol. The van der Waals surface area contributed by atoms with Crippen molar-refractivity contribution >= 4 is 5.91 Å². The van der Waals surface area contributed by atoms with Crippen molar-refractivity contribution in [2.75, 3.05) is 33.4 Å². The fraction of sp³-hybridized carbons (Fsp3) is 0.545. The van der Waals surface area contributed by atoms with Gasteiger partial charge in [-0.25, -0.2) is 4.68 Å². The van der Waals surface area contributed by atoms with Gasteiger partial charge in [0.2, 0.25) is 0 Å². The van der Waals surface area contributed by atoms with Gasteiger partial charge < -0.3 is 14.7 Å². The zero-order valence-electron chi connectivity index (χ0n) is 17.5. The van der Waals surface area contributed by atoms with Crippen molar-refractivity contribution in [3.8, 4) is 11.4 Å². The van der Waals surface area contributed by atoms with Crippen molar-refractivity contribution in [1.82, 2.24) is 19.6 Å². The molecule has 29 heavy (non-hydrogen) atoms. The Morgan fingerprint density at radius 2 is 1.97 bits per heavy atom. The van der Waals surface area contributed by atoms with E-state index in [-0.39, 0.29) is 11.7 Å². The number of amides is 1. The number of likely N-dealkylation sites (tertiary alicyclic amines) is 1. The summed E-state index contributed by atoms with van der Waals surface area (Å²) in [7, 11) is 2.19. The molecule has 0 spiro atoms. The molecule has 4 rings (SSSR count). The Hall–Kier alpha value is -2.38. The van der Waals surface area contributed by atoms with Gasteiger partial charge in [-0.1, -0.05) is 6.07 Å². The van der Waals surface area contributed by atoms with Crippen LogP contribution >= 0.6 is 0 Å². The molecule has 2 aromatic rings. The molecule has 1 N–H and O–H groups in total. The minimum Gasteiger partial charge on any atom is -0.508 e. The number of hydrogen-bond donors (Lipinski definition) is 1. The molecule has 156 valence electrons. The predicted molar refractivity (Wildman–Crippen MR) is 111 cm³/mol. The number of carbonyl (C=O) groups is 1. The molecule has 1 aromatic heterocycles. The van der Waals surface area contributed by atoms with Crippen LogP contribution in [0.1, 0.15) is 41.0 Å². The lowest BCUT2D eigenvalue weighted by Crippen LogP contribution is -2.44. The molecular weight excluding hydrogens is 368 g/mol. The number of aryl methyl sites for hydroxylation is 1. The van der Waals surface area contributed by atoms with E-state index >= 15 is 0 Å². The van der Waals surface area contributed by atoms with Crippen molar-refractivity contribution in [1.29, 1.82) is 0 Å². The average Bonchev–Trinajstić information content (AvgIpc) is 3.33. The first-order chi connectivity index (χ1) is 14.0. The van der Waals surface area contributed by atoms with Gasteiger partial charge in [-0.05, 0) is 52.3 Å². The molecule has 2 aliphatic heterocycles. The van der Waals surface area contributed by atoms with E-state index in [2.05, 4.69) is 17.0 Å². The largest absolute Gasteiger partial charge is 0.508 e. The summed E-state index contributed by atoms with van der Waals surface area (Å²) in [6.45, 7) is 6.98. The molecule has 0 aliphatic carbocycles. The molecule has 3 heterocycles. The molecule has 1 atom stereocenters. The Balaban J connectivity index is 1.50. The van der Waals surface area contributed by atoms with E-state index in [0.29, 0.717) is 17.6 Å². The summed E-state index contributed by atoms with van der Waals surface area (Å²) in [6.07, 6.45) is 3.13. The van der Waals surface area contributed by atoms with E-state index in [1.807, 2.05) is 24.8 Å². The van der Waals surface area contributed by atoms with E-state index in [1.54, 1.807) is 22.9 Å². The normalized spacial score (nSPS) is 20.6. The quantitative estimate of drug-likeness (QED) is 0.857.